The van der Waals surface area contributed by atoms with Gasteiger partial charge in [-0.3, -0.25) is 5.32 Å². The second-order valence-corrected chi connectivity index (χ2v) is 4.38. The standard InChI is InChI=1S/C9H14N4O3S/c1-3-5(2)6(7(14)15)11-8(16)12-9-13-10-4-17-9/h4-6H,3H2,1-2H3,(H,14,15)(H2,11,12,13,16). The summed E-state index contributed by atoms with van der Waals surface area (Å²) in [5.74, 6) is -1.19. The first-order valence-electron chi connectivity index (χ1n) is 5.11. The lowest BCUT2D eigenvalue weighted by Crippen LogP contribution is -2.46. The molecular formula is C9H14N4O3S. The molecule has 0 aliphatic rings. The third-order valence-electron chi connectivity index (χ3n) is 2.35. The van der Waals surface area contributed by atoms with Crippen LogP contribution in [-0.2, 0) is 4.79 Å². The monoisotopic (exact) mass is 258 g/mol. The number of carbonyl (C=O) groups excluding carboxylic acids is 1. The molecule has 0 aliphatic carbocycles. The zero-order valence-corrected chi connectivity index (χ0v) is 10.3. The van der Waals surface area contributed by atoms with E-state index in [1.807, 2.05) is 6.92 Å². The molecule has 0 saturated carbocycles. The fourth-order valence-corrected chi connectivity index (χ4v) is 1.63. The van der Waals surface area contributed by atoms with Crippen molar-refractivity contribution in [3.05, 3.63) is 5.51 Å². The first kappa shape index (κ1) is 13.4. The Labute approximate surface area is 102 Å². The summed E-state index contributed by atoms with van der Waals surface area (Å²) in [4.78, 5) is 22.5. The van der Waals surface area contributed by atoms with Gasteiger partial charge in [-0.1, -0.05) is 31.6 Å². The van der Waals surface area contributed by atoms with E-state index < -0.39 is 18.0 Å². The molecule has 1 aromatic rings. The number of carboxylic acid groups (broad SMARTS) is 1. The summed E-state index contributed by atoms with van der Waals surface area (Å²) in [5.41, 5.74) is 1.47. The van der Waals surface area contributed by atoms with Crippen LogP contribution < -0.4 is 10.6 Å². The molecule has 2 unspecified atom stereocenters. The van der Waals surface area contributed by atoms with Crippen molar-refractivity contribution in [3.8, 4) is 0 Å². The van der Waals surface area contributed by atoms with Crippen LogP contribution in [0.15, 0.2) is 5.51 Å². The summed E-state index contributed by atoms with van der Waals surface area (Å²) < 4.78 is 0. The molecule has 0 spiro atoms. The largest absolute Gasteiger partial charge is 0.480 e. The van der Waals surface area contributed by atoms with Crippen LogP contribution in [0.3, 0.4) is 0 Å². The van der Waals surface area contributed by atoms with Gasteiger partial charge in [0.25, 0.3) is 0 Å². The number of rotatable bonds is 5. The van der Waals surface area contributed by atoms with E-state index in [2.05, 4.69) is 20.8 Å². The Balaban J connectivity index is 2.55. The molecule has 7 nitrogen and oxygen atoms in total. The van der Waals surface area contributed by atoms with Crippen LogP contribution in [0.5, 0.6) is 0 Å². The Hall–Kier alpha value is -1.70. The minimum atomic E-state index is -1.05. The van der Waals surface area contributed by atoms with Crippen molar-refractivity contribution in [1.82, 2.24) is 15.5 Å². The van der Waals surface area contributed by atoms with Crippen molar-refractivity contribution >= 4 is 28.5 Å². The third-order valence-corrected chi connectivity index (χ3v) is 2.95. The average Bonchev–Trinajstić information content (AvgIpc) is 2.77. The number of amides is 2. The Kier molecular flexibility index (Phi) is 4.83. The summed E-state index contributed by atoms with van der Waals surface area (Å²) in [7, 11) is 0. The number of hydrogen-bond donors (Lipinski definition) is 3. The normalized spacial score (nSPS) is 13.8. The van der Waals surface area contributed by atoms with Gasteiger partial charge in [-0.15, -0.1) is 10.2 Å². The number of nitrogens with zero attached hydrogens (tertiary/aromatic N) is 2. The summed E-state index contributed by atoms with van der Waals surface area (Å²) in [6.07, 6.45) is 0.663. The number of aromatic nitrogens is 2. The number of hydrogen-bond acceptors (Lipinski definition) is 5. The second kappa shape index (κ2) is 6.14. The van der Waals surface area contributed by atoms with Crippen LogP contribution in [0.1, 0.15) is 20.3 Å². The molecule has 94 valence electrons. The number of urea groups is 1. The summed E-state index contributed by atoms with van der Waals surface area (Å²) in [6.45, 7) is 3.63. The van der Waals surface area contributed by atoms with Crippen LogP contribution in [-0.4, -0.2) is 33.3 Å². The Morgan fingerprint density at radius 2 is 2.29 bits per heavy atom. The van der Waals surface area contributed by atoms with E-state index >= 15 is 0 Å². The minimum Gasteiger partial charge on any atom is -0.480 e. The molecule has 8 heteroatoms. The van der Waals surface area contributed by atoms with Gasteiger partial charge in [0, 0.05) is 0 Å². The van der Waals surface area contributed by atoms with E-state index in [0.717, 1.165) is 11.3 Å². The van der Waals surface area contributed by atoms with Crippen LogP contribution in [0.25, 0.3) is 0 Å². The number of aliphatic carboxylic acids is 1. The smallest absolute Gasteiger partial charge is 0.326 e. The molecule has 3 N–H and O–H groups in total. The topological polar surface area (TPSA) is 104 Å². The lowest BCUT2D eigenvalue weighted by Gasteiger charge is -2.19. The molecule has 0 aliphatic heterocycles. The molecule has 0 radical (unpaired) electrons. The maximum atomic E-state index is 11.5. The highest BCUT2D eigenvalue weighted by atomic mass is 32.1. The molecule has 1 rings (SSSR count). The highest BCUT2D eigenvalue weighted by Gasteiger charge is 2.25. The third kappa shape index (κ3) is 3.99. The SMILES string of the molecule is CCC(C)C(NC(=O)Nc1nncs1)C(=O)O. The van der Waals surface area contributed by atoms with Crippen molar-refractivity contribution in [2.24, 2.45) is 5.92 Å². The lowest BCUT2D eigenvalue weighted by molar-refractivity contribution is -0.140. The van der Waals surface area contributed by atoms with E-state index in [1.165, 1.54) is 5.51 Å². The average molecular weight is 258 g/mol. The van der Waals surface area contributed by atoms with Crippen LogP contribution in [0.2, 0.25) is 0 Å². The Bertz CT molecular complexity index is 382. The van der Waals surface area contributed by atoms with Gasteiger partial charge in [0.2, 0.25) is 5.13 Å². The van der Waals surface area contributed by atoms with E-state index in [9.17, 15) is 9.59 Å². The molecule has 17 heavy (non-hydrogen) atoms. The van der Waals surface area contributed by atoms with E-state index in [-0.39, 0.29) is 5.92 Å². The van der Waals surface area contributed by atoms with Gasteiger partial charge in [-0.05, 0) is 5.92 Å². The summed E-state index contributed by atoms with van der Waals surface area (Å²) >= 11 is 1.16. The Morgan fingerprint density at radius 1 is 1.59 bits per heavy atom. The van der Waals surface area contributed by atoms with Crippen molar-refractivity contribution in [3.63, 3.8) is 0 Å². The number of carbonyl (C=O) groups is 2. The van der Waals surface area contributed by atoms with Crippen molar-refractivity contribution in [1.29, 1.82) is 0 Å². The predicted molar refractivity (Wildman–Crippen MR) is 62.9 cm³/mol. The minimum absolute atomic E-state index is 0.146. The molecule has 1 aromatic heterocycles. The van der Waals surface area contributed by atoms with E-state index in [0.29, 0.717) is 11.6 Å². The van der Waals surface area contributed by atoms with Gasteiger partial charge in [0.05, 0.1) is 0 Å². The molecule has 0 fully saturated rings. The maximum Gasteiger partial charge on any atom is 0.326 e. The zero-order valence-electron chi connectivity index (χ0n) is 9.51. The quantitative estimate of drug-likeness (QED) is 0.735. The molecule has 0 bridgehead atoms. The fraction of sp³-hybridized carbons (Fsp3) is 0.556. The van der Waals surface area contributed by atoms with Gasteiger partial charge >= 0.3 is 12.0 Å². The molecule has 0 aromatic carbocycles. The van der Waals surface area contributed by atoms with Crippen molar-refractivity contribution in [2.75, 3.05) is 5.32 Å². The Morgan fingerprint density at radius 3 is 2.76 bits per heavy atom. The number of carboxylic acids is 1. The van der Waals surface area contributed by atoms with Crippen LogP contribution in [0.4, 0.5) is 9.93 Å². The van der Waals surface area contributed by atoms with Gasteiger partial charge in [-0.2, -0.15) is 0 Å². The van der Waals surface area contributed by atoms with Gasteiger partial charge in [0.15, 0.2) is 0 Å². The van der Waals surface area contributed by atoms with Gasteiger partial charge in [0.1, 0.15) is 11.6 Å². The highest BCUT2D eigenvalue weighted by Crippen LogP contribution is 2.10. The van der Waals surface area contributed by atoms with Gasteiger partial charge in [-0.25, -0.2) is 9.59 Å². The predicted octanol–water partition coefficient (Wildman–Crippen LogP) is 1.16. The molecule has 2 atom stereocenters. The van der Waals surface area contributed by atoms with Crippen molar-refractivity contribution in [2.45, 2.75) is 26.3 Å². The first-order valence-corrected chi connectivity index (χ1v) is 5.99. The molecular weight excluding hydrogens is 244 g/mol. The van der Waals surface area contributed by atoms with Crippen LogP contribution >= 0.6 is 11.3 Å². The van der Waals surface area contributed by atoms with E-state index in [4.69, 9.17) is 5.11 Å². The molecule has 0 saturated heterocycles. The number of nitrogens with one attached hydrogen (secondary N) is 2. The zero-order chi connectivity index (χ0) is 12.8. The highest BCUT2D eigenvalue weighted by molar-refractivity contribution is 7.13. The van der Waals surface area contributed by atoms with E-state index in [1.54, 1.807) is 6.92 Å². The fourth-order valence-electron chi connectivity index (χ4n) is 1.19. The lowest BCUT2D eigenvalue weighted by atomic mass is 10.00. The number of anilines is 1. The summed E-state index contributed by atoms with van der Waals surface area (Å²) in [5, 5.41) is 21.3. The second-order valence-electron chi connectivity index (χ2n) is 3.54. The molecule has 1 heterocycles. The van der Waals surface area contributed by atoms with Crippen LogP contribution in [0, 0.1) is 5.92 Å². The molecule has 2 amide bonds. The maximum absolute atomic E-state index is 11.5. The van der Waals surface area contributed by atoms with Crippen molar-refractivity contribution < 1.29 is 14.7 Å². The van der Waals surface area contributed by atoms with Gasteiger partial charge < -0.3 is 10.4 Å². The first-order chi connectivity index (χ1) is 8.04. The summed E-state index contributed by atoms with van der Waals surface area (Å²) in [6, 6.07) is -1.50.